The van der Waals surface area contributed by atoms with Gasteiger partial charge in [0.25, 0.3) is 5.91 Å². The van der Waals surface area contributed by atoms with E-state index < -0.39 is 17.5 Å². The Morgan fingerprint density at radius 2 is 2.08 bits per heavy atom. The number of nitrogens with one attached hydrogen (secondary N) is 1. The molecule has 0 bridgehead atoms. The summed E-state index contributed by atoms with van der Waals surface area (Å²) in [7, 11) is 0. The molecule has 0 radical (unpaired) electrons. The normalized spacial score (nSPS) is 15.3. The third-order valence-corrected chi connectivity index (χ3v) is 4.09. The van der Waals surface area contributed by atoms with E-state index in [0.29, 0.717) is 26.3 Å². The Labute approximate surface area is 143 Å². The van der Waals surface area contributed by atoms with Crippen LogP contribution in [0.15, 0.2) is 22.7 Å². The molecule has 1 N–H and O–H groups in total. The Kier molecular flexibility index (Phi) is 5.40. The maximum Gasteiger partial charge on any atom is 0.257 e. The predicted molar refractivity (Wildman–Crippen MR) is 86.2 cm³/mol. The van der Waals surface area contributed by atoms with E-state index in [2.05, 4.69) is 15.4 Å². The molecule has 1 saturated heterocycles. The van der Waals surface area contributed by atoms with Gasteiger partial charge in [-0.2, -0.15) is 0 Å². The van der Waals surface area contributed by atoms with Gasteiger partial charge >= 0.3 is 0 Å². The lowest BCUT2D eigenvalue weighted by atomic mass is 10.0. The second kappa shape index (κ2) is 7.71. The summed E-state index contributed by atoms with van der Waals surface area (Å²) in [6, 6.07) is 3.11. The van der Waals surface area contributed by atoms with Crippen LogP contribution in [0.2, 0.25) is 0 Å². The first kappa shape index (κ1) is 17.5. The van der Waals surface area contributed by atoms with Crippen molar-refractivity contribution in [1.82, 2.24) is 15.4 Å². The van der Waals surface area contributed by atoms with Crippen molar-refractivity contribution in [3.63, 3.8) is 0 Å². The van der Waals surface area contributed by atoms with Crippen LogP contribution in [-0.4, -0.2) is 55.4 Å². The van der Waals surface area contributed by atoms with Crippen molar-refractivity contribution in [2.24, 2.45) is 0 Å². The molecule has 2 heterocycles. The first-order valence-electron chi connectivity index (χ1n) is 8.06. The number of rotatable bonds is 5. The molecule has 1 aliphatic rings. The second-order valence-corrected chi connectivity index (χ2v) is 5.80. The van der Waals surface area contributed by atoms with Crippen LogP contribution < -0.4 is 5.32 Å². The molecule has 0 unspecified atom stereocenters. The first-order valence-corrected chi connectivity index (χ1v) is 8.06. The van der Waals surface area contributed by atoms with Gasteiger partial charge in [0.2, 0.25) is 0 Å². The molecular formula is C17H19F2N3O3. The van der Waals surface area contributed by atoms with Gasteiger partial charge in [0, 0.05) is 37.8 Å². The zero-order valence-corrected chi connectivity index (χ0v) is 13.8. The summed E-state index contributed by atoms with van der Waals surface area (Å²) in [5.41, 5.74) is 0.253. The zero-order chi connectivity index (χ0) is 17.8. The zero-order valence-electron chi connectivity index (χ0n) is 13.8. The van der Waals surface area contributed by atoms with Crippen LogP contribution in [0.4, 0.5) is 8.78 Å². The average Bonchev–Trinajstić information content (AvgIpc) is 2.97. The highest BCUT2D eigenvalue weighted by Gasteiger charge is 2.23. The van der Waals surface area contributed by atoms with E-state index in [4.69, 9.17) is 9.26 Å². The minimum Gasteiger partial charge on any atom is -0.379 e. The van der Waals surface area contributed by atoms with Crippen molar-refractivity contribution in [3.05, 3.63) is 41.2 Å². The van der Waals surface area contributed by atoms with E-state index in [1.54, 1.807) is 6.92 Å². The van der Waals surface area contributed by atoms with Gasteiger partial charge in [-0.15, -0.1) is 0 Å². The SMILES string of the molecule is Cc1onc(-c2ccc(F)cc2F)c1C(=O)NCCN1CCOCC1. The number of aryl methyl sites for hydroxylation is 1. The van der Waals surface area contributed by atoms with Crippen molar-refractivity contribution in [3.8, 4) is 11.3 Å². The summed E-state index contributed by atoms with van der Waals surface area (Å²) < 4.78 is 37.4. The second-order valence-electron chi connectivity index (χ2n) is 5.80. The molecule has 1 aromatic heterocycles. The van der Waals surface area contributed by atoms with Crippen molar-refractivity contribution >= 4 is 5.91 Å². The molecule has 0 saturated carbocycles. The van der Waals surface area contributed by atoms with Gasteiger partial charge in [-0.05, 0) is 19.1 Å². The van der Waals surface area contributed by atoms with E-state index in [0.717, 1.165) is 25.2 Å². The highest BCUT2D eigenvalue weighted by atomic mass is 19.1. The van der Waals surface area contributed by atoms with E-state index in [1.807, 2.05) is 0 Å². The Balaban J connectivity index is 1.71. The van der Waals surface area contributed by atoms with Gasteiger partial charge in [0.05, 0.1) is 13.2 Å². The molecule has 134 valence electrons. The fourth-order valence-corrected chi connectivity index (χ4v) is 2.75. The van der Waals surface area contributed by atoms with Crippen LogP contribution in [0, 0.1) is 18.6 Å². The van der Waals surface area contributed by atoms with Crippen molar-refractivity contribution < 1.29 is 22.8 Å². The third-order valence-electron chi connectivity index (χ3n) is 4.09. The molecule has 25 heavy (non-hydrogen) atoms. The number of hydrogen-bond donors (Lipinski definition) is 1. The predicted octanol–water partition coefficient (Wildman–Crippen LogP) is 1.99. The number of ether oxygens (including phenoxy) is 1. The quantitative estimate of drug-likeness (QED) is 0.892. The minimum absolute atomic E-state index is 0.0246. The molecule has 6 nitrogen and oxygen atoms in total. The number of carbonyl (C=O) groups excluding carboxylic acids is 1. The molecule has 0 spiro atoms. The number of morpholine rings is 1. The molecule has 3 rings (SSSR count). The minimum atomic E-state index is -0.796. The highest BCUT2D eigenvalue weighted by molar-refractivity contribution is 6.00. The molecule has 1 aromatic carbocycles. The van der Waals surface area contributed by atoms with Gasteiger partial charge in [0.1, 0.15) is 28.7 Å². The first-order chi connectivity index (χ1) is 12.1. The summed E-state index contributed by atoms with van der Waals surface area (Å²) in [5.74, 6) is -1.61. The number of nitrogens with zero attached hydrogens (tertiary/aromatic N) is 2. The topological polar surface area (TPSA) is 67.6 Å². The fraction of sp³-hybridized carbons (Fsp3) is 0.412. The van der Waals surface area contributed by atoms with Gasteiger partial charge < -0.3 is 14.6 Å². The van der Waals surface area contributed by atoms with E-state index >= 15 is 0 Å². The van der Waals surface area contributed by atoms with Crippen molar-refractivity contribution in [2.75, 3.05) is 39.4 Å². The third kappa shape index (κ3) is 4.02. The molecular weight excluding hydrogens is 332 g/mol. The fourth-order valence-electron chi connectivity index (χ4n) is 2.75. The number of benzene rings is 1. The lowest BCUT2D eigenvalue weighted by molar-refractivity contribution is 0.0383. The maximum atomic E-state index is 14.0. The summed E-state index contributed by atoms with van der Waals surface area (Å²) in [4.78, 5) is 14.7. The monoisotopic (exact) mass is 351 g/mol. The van der Waals surface area contributed by atoms with Crippen LogP contribution in [0.5, 0.6) is 0 Å². The van der Waals surface area contributed by atoms with Gasteiger partial charge in [-0.1, -0.05) is 5.16 Å². The van der Waals surface area contributed by atoms with Crippen molar-refractivity contribution in [1.29, 1.82) is 0 Å². The molecule has 0 atom stereocenters. The van der Waals surface area contributed by atoms with E-state index in [1.165, 1.54) is 6.07 Å². The van der Waals surface area contributed by atoms with E-state index in [-0.39, 0.29) is 22.6 Å². The summed E-state index contributed by atoms with van der Waals surface area (Å²) in [6.07, 6.45) is 0. The molecule has 1 amide bonds. The molecule has 1 fully saturated rings. The van der Waals surface area contributed by atoms with Crippen LogP contribution in [0.3, 0.4) is 0 Å². The molecule has 8 heteroatoms. The Bertz CT molecular complexity index is 758. The maximum absolute atomic E-state index is 14.0. The van der Waals surface area contributed by atoms with E-state index in [9.17, 15) is 13.6 Å². The van der Waals surface area contributed by atoms with Crippen LogP contribution >= 0.6 is 0 Å². The number of carbonyl (C=O) groups is 1. The largest absolute Gasteiger partial charge is 0.379 e. The Hall–Kier alpha value is -2.32. The number of halogens is 2. The van der Waals surface area contributed by atoms with Gasteiger partial charge in [-0.3, -0.25) is 9.69 Å². The molecule has 1 aliphatic heterocycles. The van der Waals surface area contributed by atoms with Crippen molar-refractivity contribution in [2.45, 2.75) is 6.92 Å². The average molecular weight is 351 g/mol. The number of aromatic nitrogens is 1. The number of amides is 1. The summed E-state index contributed by atoms with van der Waals surface area (Å²) in [6.45, 7) is 5.74. The van der Waals surface area contributed by atoms with Gasteiger partial charge in [-0.25, -0.2) is 8.78 Å². The Morgan fingerprint density at radius 3 is 2.80 bits per heavy atom. The smallest absolute Gasteiger partial charge is 0.257 e. The highest BCUT2D eigenvalue weighted by Crippen LogP contribution is 2.27. The molecule has 2 aromatic rings. The lowest BCUT2D eigenvalue weighted by Crippen LogP contribution is -2.41. The summed E-state index contributed by atoms with van der Waals surface area (Å²) in [5, 5.41) is 6.57. The lowest BCUT2D eigenvalue weighted by Gasteiger charge is -2.26. The standard InChI is InChI=1S/C17H19F2N3O3/c1-11-15(17(23)20-4-5-22-6-8-24-9-7-22)16(21-25-11)13-3-2-12(18)10-14(13)19/h2-3,10H,4-9H2,1H3,(H,20,23). The van der Waals surface area contributed by atoms with Crippen LogP contribution in [0.25, 0.3) is 11.3 Å². The van der Waals surface area contributed by atoms with Crippen LogP contribution in [0.1, 0.15) is 16.1 Å². The van der Waals surface area contributed by atoms with Crippen LogP contribution in [-0.2, 0) is 4.74 Å². The Morgan fingerprint density at radius 1 is 1.32 bits per heavy atom. The summed E-state index contributed by atoms with van der Waals surface area (Å²) >= 11 is 0. The number of hydrogen-bond acceptors (Lipinski definition) is 5. The van der Waals surface area contributed by atoms with Gasteiger partial charge in [0.15, 0.2) is 0 Å². The molecule has 0 aliphatic carbocycles.